The van der Waals surface area contributed by atoms with Crippen LogP contribution in [0.2, 0.25) is 0 Å². The van der Waals surface area contributed by atoms with Crippen LogP contribution in [-0.4, -0.2) is 65.4 Å². The predicted octanol–water partition coefficient (Wildman–Crippen LogP) is 9.73. The molecule has 8 nitrogen and oxygen atoms in total. The van der Waals surface area contributed by atoms with Gasteiger partial charge in [0.2, 0.25) is 5.91 Å². The molecule has 1 aromatic rings. The van der Waals surface area contributed by atoms with E-state index >= 15 is 0 Å². The van der Waals surface area contributed by atoms with Crippen LogP contribution >= 0.6 is 0 Å². The first-order valence-corrected chi connectivity index (χ1v) is 16.6. The van der Waals surface area contributed by atoms with Crippen LogP contribution in [0.15, 0.2) is 41.5 Å². The molecule has 1 saturated heterocycles. The van der Waals surface area contributed by atoms with E-state index in [1.807, 2.05) is 13.8 Å². The Labute approximate surface area is 290 Å². The Bertz CT molecular complexity index is 1410. The number of hydrogen-bond acceptors (Lipinski definition) is 5. The van der Waals surface area contributed by atoms with Crippen molar-refractivity contribution in [1.82, 2.24) is 4.90 Å². The average Bonchev–Trinajstić information content (AvgIpc) is 3.17. The fourth-order valence-electron chi connectivity index (χ4n) is 6.23. The van der Waals surface area contributed by atoms with Gasteiger partial charge in [0, 0.05) is 36.6 Å². The maximum Gasteiger partial charge on any atom is 0.573 e. The molecule has 4 rings (SSSR count). The Morgan fingerprint density at radius 2 is 1.57 bits per heavy atom. The number of aliphatic carboxylic acids is 1. The van der Waals surface area contributed by atoms with Gasteiger partial charge >= 0.3 is 24.8 Å². The van der Waals surface area contributed by atoms with E-state index in [1.165, 1.54) is 17.9 Å². The molecule has 3 unspecified atom stereocenters. The van der Waals surface area contributed by atoms with Gasteiger partial charge in [0.05, 0.1) is 18.2 Å². The van der Waals surface area contributed by atoms with Crippen molar-refractivity contribution in [3.63, 3.8) is 0 Å². The molecule has 17 heteroatoms. The number of nitrogens with zero attached hydrogens (tertiary/aromatic N) is 2. The number of carboxylic acid groups (broad SMARTS) is 1. The summed E-state index contributed by atoms with van der Waals surface area (Å²) in [6.45, 7) is 7.95. The molecule has 3 atom stereocenters. The number of hydrogen-bond donors (Lipinski definition) is 1. The van der Waals surface area contributed by atoms with Gasteiger partial charge in [-0.25, -0.2) is 4.79 Å². The number of amides is 2. The summed E-state index contributed by atoms with van der Waals surface area (Å²) in [5.41, 5.74) is -2.58. The molecule has 0 radical (unpaired) electrons. The number of alkyl halides is 9. The highest BCUT2D eigenvalue weighted by Crippen LogP contribution is 2.42. The summed E-state index contributed by atoms with van der Waals surface area (Å²) in [5, 5.41) is 7.42. The summed E-state index contributed by atoms with van der Waals surface area (Å²) >= 11 is 0. The Balaban J connectivity index is 0.00000140. The van der Waals surface area contributed by atoms with Crippen molar-refractivity contribution in [1.29, 1.82) is 0 Å². The largest absolute Gasteiger partial charge is 0.573 e. The Hall–Kier alpha value is -3.92. The minimum atomic E-state index is -5.10. The zero-order chi connectivity index (χ0) is 38.9. The number of anilines is 1. The van der Waals surface area contributed by atoms with Crippen LogP contribution in [0, 0.1) is 11.8 Å². The summed E-state index contributed by atoms with van der Waals surface area (Å²) in [5.74, 6) is -3.22. The summed E-state index contributed by atoms with van der Waals surface area (Å²) in [7, 11) is 0. The van der Waals surface area contributed by atoms with Gasteiger partial charge in [0.25, 0.3) is 5.97 Å². The first-order valence-electron chi connectivity index (χ1n) is 16.6. The highest BCUT2D eigenvalue weighted by Gasteiger charge is 2.47. The van der Waals surface area contributed by atoms with Crippen LogP contribution in [0.4, 0.5) is 50.0 Å². The second kappa shape index (κ2) is 18.0. The van der Waals surface area contributed by atoms with Crippen molar-refractivity contribution in [3.8, 4) is 5.75 Å². The highest BCUT2D eigenvalue weighted by atomic mass is 19.4. The molecular formula is C34H43F9N2O6. The lowest BCUT2D eigenvalue weighted by molar-refractivity contribution is -0.274. The van der Waals surface area contributed by atoms with E-state index in [-0.39, 0.29) is 35.7 Å². The van der Waals surface area contributed by atoms with Gasteiger partial charge in [-0.2, -0.15) is 26.3 Å². The van der Waals surface area contributed by atoms with E-state index in [2.05, 4.69) is 4.74 Å². The van der Waals surface area contributed by atoms with Gasteiger partial charge in [0.1, 0.15) is 11.9 Å². The number of carbonyl (C=O) groups excluding carboxylic acids is 2. The van der Waals surface area contributed by atoms with E-state index in [0.717, 1.165) is 43.2 Å². The third-order valence-corrected chi connectivity index (χ3v) is 8.47. The molecule has 2 fully saturated rings. The minimum absolute atomic E-state index is 0.0558. The lowest BCUT2D eigenvalue weighted by atomic mass is 9.88. The zero-order valence-electron chi connectivity index (χ0n) is 28.8. The quantitative estimate of drug-likeness (QED) is 0.279. The number of ether oxygens (including phenoxy) is 2. The first kappa shape index (κ1) is 43.2. The van der Waals surface area contributed by atoms with Crippen LogP contribution in [0.1, 0.15) is 85.1 Å². The monoisotopic (exact) mass is 746 g/mol. The normalized spacial score (nSPS) is 21.5. The summed E-state index contributed by atoms with van der Waals surface area (Å²) in [6.07, 6.45) is -13.9. The van der Waals surface area contributed by atoms with E-state index in [0.29, 0.717) is 18.9 Å². The molecule has 1 aromatic carbocycles. The van der Waals surface area contributed by atoms with Crippen LogP contribution in [0.5, 0.6) is 5.75 Å². The zero-order valence-corrected chi connectivity index (χ0v) is 28.8. The van der Waals surface area contributed by atoms with E-state index in [4.69, 9.17) is 14.6 Å². The predicted molar refractivity (Wildman–Crippen MR) is 169 cm³/mol. The Morgan fingerprint density at radius 3 is 2.08 bits per heavy atom. The number of allylic oxidation sites excluding steroid dienone is 3. The van der Waals surface area contributed by atoms with Gasteiger partial charge < -0.3 is 19.5 Å². The third kappa shape index (κ3) is 12.4. The molecule has 1 saturated carbocycles. The van der Waals surface area contributed by atoms with Crippen molar-refractivity contribution in [2.45, 2.75) is 117 Å². The SMILES string of the molecule is CC.CC(=O)O.CCN(C(=O)C1CCCCC1)c1ccc(OC(F)(F)F)cc1CN1C(=O)OC(C2C=C(C(F)(F)F)C=C(C(F)(F)F)CC2)C1C. The molecule has 2 aliphatic carbocycles. The third-order valence-electron chi connectivity index (χ3n) is 8.47. The molecule has 0 bridgehead atoms. The molecule has 1 heterocycles. The van der Waals surface area contributed by atoms with Crippen molar-refractivity contribution in [3.05, 3.63) is 47.1 Å². The van der Waals surface area contributed by atoms with Crippen molar-refractivity contribution in [2.75, 3.05) is 11.4 Å². The lowest BCUT2D eigenvalue weighted by Gasteiger charge is -2.31. The minimum Gasteiger partial charge on any atom is -0.481 e. The summed E-state index contributed by atoms with van der Waals surface area (Å²) in [4.78, 5) is 38.0. The number of carbonyl (C=O) groups is 3. The summed E-state index contributed by atoms with van der Waals surface area (Å²) in [6, 6.07) is 2.35. The first-order chi connectivity index (χ1) is 23.6. The number of carboxylic acids is 1. The standard InChI is InChI=1S/C30H33F9N2O4.C2H4O2.C2H6/c1-3-40(26(42)18-7-5-4-6-8-18)24-12-11-23(45-30(37,38)39)14-20(24)16-41-17(2)25(44-27(41)43)19-9-10-21(28(31,32)33)15-22(13-19)29(34,35)36;1-2(3)4;1-2/h11-15,17-19,25H,3-10,16H2,1-2H3;1H3,(H,3,4);1-2H3. The van der Waals surface area contributed by atoms with Gasteiger partial charge in [-0.3, -0.25) is 14.5 Å². The van der Waals surface area contributed by atoms with Gasteiger partial charge in [-0.05, 0) is 69.4 Å². The van der Waals surface area contributed by atoms with E-state index in [1.54, 1.807) is 6.92 Å². The number of benzene rings is 1. The van der Waals surface area contributed by atoms with Crippen molar-refractivity contribution < 1.29 is 68.5 Å². The maximum absolute atomic E-state index is 13.7. The molecule has 0 aromatic heterocycles. The number of cyclic esters (lactones) is 1. The Kier molecular flexibility index (Phi) is 15.3. The average molecular weight is 747 g/mol. The van der Waals surface area contributed by atoms with Crippen LogP contribution in [-0.2, 0) is 20.9 Å². The summed E-state index contributed by atoms with van der Waals surface area (Å²) < 4.78 is 130. The van der Waals surface area contributed by atoms with E-state index < -0.39 is 85.1 Å². The maximum atomic E-state index is 13.7. The van der Waals surface area contributed by atoms with Crippen molar-refractivity contribution in [2.24, 2.45) is 11.8 Å². The fraction of sp³-hybridized carbons (Fsp3) is 0.618. The van der Waals surface area contributed by atoms with Gasteiger partial charge in [-0.1, -0.05) is 39.2 Å². The second-order valence-electron chi connectivity index (χ2n) is 12.0. The molecular weight excluding hydrogens is 703 g/mol. The number of halogens is 9. The topological polar surface area (TPSA) is 96.4 Å². The molecule has 288 valence electrons. The molecule has 2 amide bonds. The molecule has 51 heavy (non-hydrogen) atoms. The molecule has 3 aliphatic rings. The van der Waals surface area contributed by atoms with E-state index in [9.17, 15) is 49.1 Å². The van der Waals surface area contributed by atoms with Gasteiger partial charge in [0.15, 0.2) is 0 Å². The smallest absolute Gasteiger partial charge is 0.481 e. The molecule has 1 N–H and O–H groups in total. The van der Waals surface area contributed by atoms with Crippen LogP contribution in [0.3, 0.4) is 0 Å². The second-order valence-corrected chi connectivity index (χ2v) is 12.0. The van der Waals surface area contributed by atoms with Crippen LogP contribution < -0.4 is 9.64 Å². The van der Waals surface area contributed by atoms with Crippen molar-refractivity contribution >= 4 is 23.7 Å². The molecule has 0 spiro atoms. The van der Waals surface area contributed by atoms with Crippen LogP contribution in [0.25, 0.3) is 0 Å². The number of rotatable bonds is 7. The molecule has 1 aliphatic heterocycles. The lowest BCUT2D eigenvalue weighted by Crippen LogP contribution is -2.39. The Morgan fingerprint density at radius 1 is 0.980 bits per heavy atom. The fourth-order valence-corrected chi connectivity index (χ4v) is 6.23. The van der Waals surface area contributed by atoms with Gasteiger partial charge in [-0.15, -0.1) is 13.2 Å². The highest BCUT2D eigenvalue weighted by molar-refractivity contribution is 5.96.